The number of aliphatic carboxylic acids is 1. The number of nitrogens with zero attached hydrogens (tertiary/aromatic N) is 1. The largest absolute Gasteiger partial charge is 0.487 e. The van der Waals surface area contributed by atoms with Crippen LogP contribution in [0.4, 0.5) is 8.78 Å². The molecule has 0 aliphatic heterocycles. The van der Waals surface area contributed by atoms with E-state index in [1.54, 1.807) is 31.2 Å². The molecular formula is C22H16ClF2NO4. The van der Waals surface area contributed by atoms with Gasteiger partial charge in [-0.2, -0.15) is 0 Å². The van der Waals surface area contributed by atoms with Crippen LogP contribution in [0.5, 0.6) is 17.4 Å². The highest BCUT2D eigenvalue weighted by atomic mass is 35.5. The summed E-state index contributed by atoms with van der Waals surface area (Å²) in [6.45, 7) is 1.62. The highest BCUT2D eigenvalue weighted by Crippen LogP contribution is 2.34. The predicted octanol–water partition coefficient (Wildman–Crippen LogP) is 5.79. The molecule has 0 bridgehead atoms. The molecule has 1 heterocycles. The first-order chi connectivity index (χ1) is 14.3. The maximum Gasteiger partial charge on any atom is 0.328 e. The van der Waals surface area contributed by atoms with Gasteiger partial charge in [-0.15, -0.1) is 0 Å². The molecule has 0 aliphatic rings. The van der Waals surface area contributed by atoms with Gasteiger partial charge in [0.1, 0.15) is 12.4 Å². The van der Waals surface area contributed by atoms with Gasteiger partial charge in [0.25, 0.3) is 0 Å². The number of ether oxygens (including phenoxy) is 2. The van der Waals surface area contributed by atoms with Crippen LogP contribution in [0.3, 0.4) is 0 Å². The van der Waals surface area contributed by atoms with E-state index in [4.69, 9.17) is 26.2 Å². The van der Waals surface area contributed by atoms with Crippen molar-refractivity contribution in [2.45, 2.75) is 13.5 Å². The molecular weight excluding hydrogens is 416 g/mol. The average Bonchev–Trinajstić information content (AvgIpc) is 2.71. The minimum atomic E-state index is -1.06. The quantitative estimate of drug-likeness (QED) is 0.479. The van der Waals surface area contributed by atoms with Gasteiger partial charge in [-0.1, -0.05) is 23.7 Å². The molecule has 0 radical (unpaired) electrons. The van der Waals surface area contributed by atoms with E-state index in [0.717, 1.165) is 12.1 Å². The summed E-state index contributed by atoms with van der Waals surface area (Å²) in [5, 5.41) is 9.01. The average molecular weight is 432 g/mol. The van der Waals surface area contributed by atoms with Crippen LogP contribution in [0, 0.1) is 18.6 Å². The van der Waals surface area contributed by atoms with Crippen LogP contribution < -0.4 is 9.47 Å². The van der Waals surface area contributed by atoms with Gasteiger partial charge in [0.2, 0.25) is 5.88 Å². The molecule has 2 aromatic carbocycles. The van der Waals surface area contributed by atoms with Crippen molar-refractivity contribution in [1.29, 1.82) is 0 Å². The fourth-order valence-corrected chi connectivity index (χ4v) is 2.90. The Morgan fingerprint density at radius 2 is 2.03 bits per heavy atom. The smallest absolute Gasteiger partial charge is 0.328 e. The zero-order chi connectivity index (χ0) is 21.7. The maximum atomic E-state index is 13.7. The van der Waals surface area contributed by atoms with Crippen LogP contribution in [-0.4, -0.2) is 16.1 Å². The molecule has 0 spiro atoms. The monoisotopic (exact) mass is 431 g/mol. The van der Waals surface area contributed by atoms with Crippen molar-refractivity contribution >= 4 is 23.6 Å². The molecule has 8 heteroatoms. The molecule has 3 rings (SSSR count). The highest BCUT2D eigenvalue weighted by Gasteiger charge is 2.11. The topological polar surface area (TPSA) is 68.7 Å². The molecule has 0 saturated carbocycles. The Morgan fingerprint density at radius 1 is 1.23 bits per heavy atom. The molecule has 30 heavy (non-hydrogen) atoms. The first kappa shape index (κ1) is 21.3. The second-order valence-electron chi connectivity index (χ2n) is 6.26. The molecule has 5 nitrogen and oxygen atoms in total. The normalized spacial score (nSPS) is 10.9. The van der Waals surface area contributed by atoms with E-state index in [-0.39, 0.29) is 18.1 Å². The summed E-state index contributed by atoms with van der Waals surface area (Å²) in [6, 6.07) is 10.3. The third-order valence-electron chi connectivity index (χ3n) is 4.01. The number of carbonyl (C=O) groups is 1. The predicted molar refractivity (Wildman–Crippen MR) is 108 cm³/mol. The zero-order valence-corrected chi connectivity index (χ0v) is 16.5. The minimum absolute atomic E-state index is 0.0924. The number of carboxylic acid groups (broad SMARTS) is 1. The standard InChI is InChI=1S/C22H16ClF2NO4/c1-13-9-14(5-8-20(27)28)10-17(23)22(13)30-19-7-6-16(11-26-19)29-12-15-3-2-4-18(24)21(15)25/h2-11H,12H2,1H3,(H,27,28). The van der Waals surface area contributed by atoms with Crippen molar-refractivity contribution in [2.75, 3.05) is 0 Å². The highest BCUT2D eigenvalue weighted by molar-refractivity contribution is 6.32. The summed E-state index contributed by atoms with van der Waals surface area (Å²) in [7, 11) is 0. The number of aromatic nitrogens is 1. The minimum Gasteiger partial charge on any atom is -0.487 e. The van der Waals surface area contributed by atoms with Crippen molar-refractivity contribution < 1.29 is 28.2 Å². The molecule has 0 amide bonds. The second-order valence-corrected chi connectivity index (χ2v) is 6.66. The Kier molecular flexibility index (Phi) is 6.64. The number of carboxylic acids is 1. The zero-order valence-electron chi connectivity index (χ0n) is 15.7. The maximum absolute atomic E-state index is 13.7. The first-order valence-corrected chi connectivity index (χ1v) is 9.12. The summed E-state index contributed by atoms with van der Waals surface area (Å²) in [5.74, 6) is -1.96. The van der Waals surface area contributed by atoms with Crippen molar-refractivity contribution in [3.05, 3.63) is 88.1 Å². The number of pyridine rings is 1. The number of rotatable bonds is 7. The van der Waals surface area contributed by atoms with Crippen LogP contribution in [0.25, 0.3) is 6.08 Å². The molecule has 1 aromatic heterocycles. The Labute approximate surface area is 176 Å². The van der Waals surface area contributed by atoms with E-state index in [1.807, 2.05) is 0 Å². The SMILES string of the molecule is Cc1cc(C=CC(=O)O)cc(Cl)c1Oc1ccc(OCc2cccc(F)c2F)cn1. The van der Waals surface area contributed by atoms with E-state index in [2.05, 4.69) is 4.98 Å². The van der Waals surface area contributed by atoms with E-state index in [0.29, 0.717) is 27.6 Å². The van der Waals surface area contributed by atoms with Gasteiger partial charge >= 0.3 is 5.97 Å². The van der Waals surface area contributed by atoms with Gasteiger partial charge in [0.15, 0.2) is 17.4 Å². The number of hydrogen-bond donors (Lipinski definition) is 1. The summed E-state index contributed by atoms with van der Waals surface area (Å²) < 4.78 is 38.1. The van der Waals surface area contributed by atoms with Gasteiger partial charge in [0, 0.05) is 17.7 Å². The van der Waals surface area contributed by atoms with Gasteiger partial charge in [-0.25, -0.2) is 18.6 Å². The lowest BCUT2D eigenvalue weighted by Crippen LogP contribution is -2.01. The van der Waals surface area contributed by atoms with E-state index >= 15 is 0 Å². The lowest BCUT2D eigenvalue weighted by Gasteiger charge is -2.12. The molecule has 0 aliphatic carbocycles. The summed E-state index contributed by atoms with van der Waals surface area (Å²) in [4.78, 5) is 14.8. The second kappa shape index (κ2) is 9.37. The lowest BCUT2D eigenvalue weighted by molar-refractivity contribution is -0.131. The van der Waals surface area contributed by atoms with Crippen LogP contribution in [0.2, 0.25) is 5.02 Å². The van der Waals surface area contributed by atoms with E-state index in [1.165, 1.54) is 24.4 Å². The summed E-state index contributed by atoms with van der Waals surface area (Å²) >= 11 is 6.25. The molecule has 0 atom stereocenters. The number of benzene rings is 2. The number of halogens is 3. The first-order valence-electron chi connectivity index (χ1n) is 8.74. The molecule has 0 saturated heterocycles. The van der Waals surface area contributed by atoms with Crippen molar-refractivity contribution in [3.8, 4) is 17.4 Å². The van der Waals surface area contributed by atoms with Gasteiger partial charge in [-0.3, -0.25) is 0 Å². The Bertz CT molecular complexity index is 1080. The van der Waals surface area contributed by atoms with Gasteiger partial charge < -0.3 is 14.6 Å². The third-order valence-corrected chi connectivity index (χ3v) is 4.29. The van der Waals surface area contributed by atoms with E-state index in [9.17, 15) is 13.6 Å². The van der Waals surface area contributed by atoms with Crippen molar-refractivity contribution in [2.24, 2.45) is 0 Å². The fourth-order valence-electron chi connectivity index (χ4n) is 2.59. The molecule has 154 valence electrons. The van der Waals surface area contributed by atoms with Crippen molar-refractivity contribution in [1.82, 2.24) is 4.98 Å². The number of hydrogen-bond acceptors (Lipinski definition) is 4. The Hall–Kier alpha value is -3.45. The van der Waals surface area contributed by atoms with Gasteiger partial charge in [0.05, 0.1) is 11.2 Å². The Morgan fingerprint density at radius 3 is 2.70 bits per heavy atom. The van der Waals surface area contributed by atoms with Gasteiger partial charge in [-0.05, 0) is 48.4 Å². The molecule has 0 fully saturated rings. The van der Waals surface area contributed by atoms with Crippen LogP contribution in [0.15, 0.2) is 54.7 Å². The third kappa shape index (κ3) is 5.33. The molecule has 0 unspecified atom stereocenters. The summed E-state index contributed by atoms with van der Waals surface area (Å²) in [5.41, 5.74) is 1.40. The van der Waals surface area contributed by atoms with Crippen LogP contribution in [-0.2, 0) is 11.4 Å². The van der Waals surface area contributed by atoms with Crippen molar-refractivity contribution in [3.63, 3.8) is 0 Å². The Balaban J connectivity index is 1.68. The number of aryl methyl sites for hydroxylation is 1. The lowest BCUT2D eigenvalue weighted by atomic mass is 10.1. The molecule has 3 aromatic rings. The molecule has 1 N–H and O–H groups in total. The fraction of sp³-hybridized carbons (Fsp3) is 0.0909. The summed E-state index contributed by atoms with van der Waals surface area (Å²) in [6.07, 6.45) is 3.83. The van der Waals surface area contributed by atoms with Crippen LogP contribution >= 0.6 is 11.6 Å². The van der Waals surface area contributed by atoms with E-state index < -0.39 is 17.6 Å². The van der Waals surface area contributed by atoms with Crippen LogP contribution in [0.1, 0.15) is 16.7 Å².